The van der Waals surface area contributed by atoms with E-state index in [1.54, 1.807) is 69.4 Å². The molecule has 2 aliphatic heterocycles. The molecule has 2 aliphatic rings. The highest BCUT2D eigenvalue weighted by atomic mass is 16.6. The molecule has 0 radical (unpaired) electrons. The quantitative estimate of drug-likeness (QED) is 0.173. The van der Waals surface area contributed by atoms with Crippen LogP contribution in [0.1, 0.15) is 104 Å². The number of hydrogen-bond acceptors (Lipinski definition) is 10. The molecule has 0 saturated carbocycles. The van der Waals surface area contributed by atoms with E-state index < -0.39 is 56.3 Å². The molecule has 0 spiro atoms. The summed E-state index contributed by atoms with van der Waals surface area (Å²) >= 11 is 0. The molecular weight excluding hydrogens is 1140 g/mol. The number of fused-ring (bicyclic) bond motifs is 6. The van der Waals surface area contributed by atoms with E-state index in [-0.39, 0.29) is 52.7 Å². The molecule has 2 bridgehead atoms. The number of methoxy groups -OCH3 is 1. The van der Waals surface area contributed by atoms with Crippen molar-refractivity contribution in [2.45, 2.75) is 160 Å². The number of hydrogen-bond donors (Lipinski definition) is 0. The predicted molar refractivity (Wildman–Crippen MR) is 368 cm³/mol. The third-order valence-corrected chi connectivity index (χ3v) is 16.0. The minimum atomic E-state index is -2.02. The lowest BCUT2D eigenvalue weighted by atomic mass is 9.72. The van der Waals surface area contributed by atoms with E-state index in [1.165, 1.54) is 0 Å². The molecule has 11 atom stereocenters. The highest BCUT2D eigenvalue weighted by Crippen LogP contribution is 2.48. The number of rotatable bonds is 5. The zero-order valence-corrected chi connectivity index (χ0v) is 56.0. The standard InChI is InChI=1S/C82H77N3O7/c1-21-29-35-39-41-44-51-58-78(15)76(13,55-49-43-40-36-30-22-2)85-64-66-87-65-63-84(74(10,11)71(9)88-67-61-83(62-68-90-78)72-52-45-46-53-73(72)89-70-69-86-20)75(12,28-8)79(16,54-27-7)91-81(18,57-34-26-6)82(19,60-47-33-25-5)92-80(17,59-50-38-32-24-4)77(85,14)56-48-42-37-31-23-3/h2,4,6,8,45-46,52-53,71H,61-70H2,1,3,5,7,9-20H3. The summed E-state index contributed by atoms with van der Waals surface area (Å²) < 4.78 is 48.6. The fourth-order valence-corrected chi connectivity index (χ4v) is 10.1. The summed E-state index contributed by atoms with van der Waals surface area (Å²) in [5.74, 6) is 106. The van der Waals surface area contributed by atoms with Crippen LogP contribution < -0.4 is 9.64 Å². The Labute approximate surface area is 552 Å². The van der Waals surface area contributed by atoms with Gasteiger partial charge in [-0.2, -0.15) is 0 Å². The van der Waals surface area contributed by atoms with Crippen LogP contribution in [0.2, 0.25) is 0 Å². The summed E-state index contributed by atoms with van der Waals surface area (Å²) in [7, 11) is 1.62. The van der Waals surface area contributed by atoms with Gasteiger partial charge >= 0.3 is 0 Å². The second-order valence-electron chi connectivity index (χ2n) is 21.9. The second kappa shape index (κ2) is 36.4. The van der Waals surface area contributed by atoms with Gasteiger partial charge in [0.05, 0.1) is 44.8 Å². The van der Waals surface area contributed by atoms with Crippen molar-refractivity contribution in [3.8, 4) is 245 Å². The summed E-state index contributed by atoms with van der Waals surface area (Å²) in [5.41, 5.74) is -14.7. The SMILES string of the molecule is C#CC#CC#CC#CC1(C)N2CCOCCN(C(C)(C)C(C)OCCN(c3ccccc3OCCOC)CCOC1(C)C#CC#CC#CC#CC)C(C)(C#C)C(C)(C#CC)OC(C)(C#CC#C)C(C)(C#CC#CC)OC(C)(C#CC#CC#C)C2(C)C#CC#CC#CC. The number of anilines is 1. The van der Waals surface area contributed by atoms with Gasteiger partial charge in [-0.15, -0.1) is 31.6 Å². The topological polar surface area (TPSA) is 74.3 Å². The average Bonchev–Trinajstić information content (AvgIpc) is 0.838. The van der Waals surface area contributed by atoms with Gasteiger partial charge in [-0.1, -0.05) is 65.4 Å². The zero-order valence-electron chi connectivity index (χ0n) is 56.0. The molecule has 0 aliphatic carbocycles. The first-order chi connectivity index (χ1) is 43.9. The van der Waals surface area contributed by atoms with Crippen molar-refractivity contribution >= 4 is 5.69 Å². The van der Waals surface area contributed by atoms with Gasteiger partial charge < -0.3 is 38.1 Å². The van der Waals surface area contributed by atoms with Gasteiger partial charge in [-0.05, 0) is 270 Å². The Bertz CT molecular complexity index is 4180. The van der Waals surface area contributed by atoms with Crippen molar-refractivity contribution < 1.29 is 33.2 Å². The van der Waals surface area contributed by atoms with Crippen molar-refractivity contribution in [3.05, 3.63) is 24.3 Å². The average molecular weight is 1220 g/mol. The number of terminal acetylenes is 4. The Morgan fingerprint density at radius 1 is 0.446 bits per heavy atom. The van der Waals surface area contributed by atoms with Crippen molar-refractivity contribution in [1.82, 2.24) is 9.80 Å². The van der Waals surface area contributed by atoms with Gasteiger partial charge in [-0.25, -0.2) is 0 Å². The van der Waals surface area contributed by atoms with E-state index in [9.17, 15) is 0 Å². The first-order valence-electron chi connectivity index (χ1n) is 29.3. The van der Waals surface area contributed by atoms with Gasteiger partial charge in [0.2, 0.25) is 0 Å². The van der Waals surface area contributed by atoms with Crippen LogP contribution in [0.5, 0.6) is 5.75 Å². The van der Waals surface area contributed by atoms with Crippen molar-refractivity contribution in [1.29, 1.82) is 0 Å². The largest absolute Gasteiger partial charge is 0.489 e. The van der Waals surface area contributed by atoms with Crippen LogP contribution in [0.25, 0.3) is 0 Å². The van der Waals surface area contributed by atoms with Crippen LogP contribution in [0.3, 0.4) is 0 Å². The summed E-state index contributed by atoms with van der Waals surface area (Å²) in [5, 5.41) is 0. The van der Waals surface area contributed by atoms with Crippen LogP contribution in [0, 0.1) is 239 Å². The second-order valence-corrected chi connectivity index (χ2v) is 21.9. The van der Waals surface area contributed by atoms with E-state index >= 15 is 0 Å². The first kappa shape index (κ1) is 75.9. The molecule has 462 valence electrons. The van der Waals surface area contributed by atoms with Crippen LogP contribution in [0.4, 0.5) is 5.69 Å². The molecule has 2 saturated heterocycles. The van der Waals surface area contributed by atoms with Crippen LogP contribution >= 0.6 is 0 Å². The number of para-hydroxylation sites is 2. The predicted octanol–water partition coefficient (Wildman–Crippen LogP) is 7.14. The molecule has 1 aromatic carbocycles. The smallest absolute Gasteiger partial charge is 0.168 e. The zero-order chi connectivity index (χ0) is 68.3. The Kier molecular flexibility index (Phi) is 30.0. The van der Waals surface area contributed by atoms with E-state index in [1.807, 2.05) is 56.9 Å². The lowest BCUT2D eigenvalue weighted by molar-refractivity contribution is -0.244. The molecule has 2 fully saturated rings. The van der Waals surface area contributed by atoms with Gasteiger partial charge in [0, 0.05) is 38.8 Å². The molecule has 10 nitrogen and oxygen atoms in total. The molecule has 0 N–H and O–H groups in total. The van der Waals surface area contributed by atoms with Gasteiger partial charge in [0.15, 0.2) is 28.0 Å². The molecule has 11 unspecified atom stereocenters. The molecule has 0 aromatic heterocycles. The number of nitrogens with zero attached hydrogens (tertiary/aromatic N) is 3. The van der Waals surface area contributed by atoms with Crippen molar-refractivity contribution in [2.75, 3.05) is 77.8 Å². The molecule has 92 heavy (non-hydrogen) atoms. The lowest BCUT2D eigenvalue weighted by Gasteiger charge is -2.58. The number of ether oxygens (including phenoxy) is 7. The molecule has 10 heteroatoms. The highest BCUT2D eigenvalue weighted by Gasteiger charge is 2.64. The maximum atomic E-state index is 7.84. The monoisotopic (exact) mass is 1220 g/mol. The van der Waals surface area contributed by atoms with Crippen LogP contribution in [-0.4, -0.2) is 139 Å². The van der Waals surface area contributed by atoms with Gasteiger partial charge in [0.1, 0.15) is 29.0 Å². The van der Waals surface area contributed by atoms with Crippen molar-refractivity contribution in [3.63, 3.8) is 0 Å². The summed E-state index contributed by atoms with van der Waals surface area (Å²) in [6.07, 6.45) is 23.7. The Morgan fingerprint density at radius 3 is 1.42 bits per heavy atom. The molecule has 1 aromatic rings. The molecule has 3 rings (SSSR count). The third-order valence-electron chi connectivity index (χ3n) is 16.0. The normalized spacial score (nSPS) is 28.4. The summed E-state index contributed by atoms with van der Waals surface area (Å²) in [6, 6.07) is 7.71. The fourth-order valence-electron chi connectivity index (χ4n) is 10.1. The van der Waals surface area contributed by atoms with Gasteiger partial charge in [-0.3, -0.25) is 9.80 Å². The first-order valence-corrected chi connectivity index (χ1v) is 29.3. The molecular formula is C82H77N3O7. The van der Waals surface area contributed by atoms with Gasteiger partial charge in [0.25, 0.3) is 0 Å². The Balaban J connectivity index is 3.10. The summed E-state index contributed by atoms with van der Waals surface area (Å²) in [6.45, 7) is 28.6. The van der Waals surface area contributed by atoms with E-state index in [0.717, 1.165) is 5.69 Å². The maximum Gasteiger partial charge on any atom is 0.168 e. The van der Waals surface area contributed by atoms with E-state index in [2.05, 4.69) is 237 Å². The third kappa shape index (κ3) is 19.1. The van der Waals surface area contributed by atoms with E-state index in [0.29, 0.717) is 18.9 Å². The van der Waals surface area contributed by atoms with Crippen LogP contribution in [-0.2, 0) is 28.4 Å². The van der Waals surface area contributed by atoms with Crippen molar-refractivity contribution in [2.24, 2.45) is 0 Å². The molecule has 2 heterocycles. The minimum absolute atomic E-state index is 0.0152. The highest BCUT2D eigenvalue weighted by molar-refractivity contribution is 5.59. The fraction of sp³-hybridized carbons (Fsp3) is 0.439. The number of benzene rings is 1. The van der Waals surface area contributed by atoms with E-state index in [4.69, 9.17) is 58.9 Å². The Morgan fingerprint density at radius 2 is 0.880 bits per heavy atom. The summed E-state index contributed by atoms with van der Waals surface area (Å²) in [4.78, 5) is 6.18. The van der Waals surface area contributed by atoms with Crippen LogP contribution in [0.15, 0.2) is 24.3 Å². The molecule has 0 amide bonds. The minimum Gasteiger partial charge on any atom is -0.489 e. The maximum absolute atomic E-state index is 7.84. The Hall–Kier alpha value is -10.3. The lowest BCUT2D eigenvalue weighted by Crippen LogP contribution is -2.75.